The molecular weight excluding hydrogens is 292 g/mol. The average Bonchev–Trinajstić information content (AvgIpc) is 2.59. The fraction of sp³-hybridized carbons (Fsp3) is 0.368. The largest absolute Gasteiger partial charge is 0.394 e. The molecule has 0 aliphatic heterocycles. The van der Waals surface area contributed by atoms with Crippen LogP contribution in [-0.2, 0) is 22.7 Å². The summed E-state index contributed by atoms with van der Waals surface area (Å²) in [6, 6.07) is 19.4. The number of ether oxygens (including phenoxy) is 2. The zero-order chi connectivity index (χ0) is 16.5. The van der Waals surface area contributed by atoms with Crippen molar-refractivity contribution < 1.29 is 19.7 Å². The Morgan fingerprint density at radius 3 is 1.74 bits per heavy atom. The fourth-order valence-electron chi connectivity index (χ4n) is 2.35. The fourth-order valence-corrected chi connectivity index (χ4v) is 2.35. The molecule has 2 rings (SSSR count). The SMILES string of the molecule is C[C@H](O)[C@H](OCc1ccccc1)C(CO)OCc1ccccc1. The van der Waals surface area contributed by atoms with Gasteiger partial charge in [-0.3, -0.25) is 0 Å². The Morgan fingerprint density at radius 2 is 1.30 bits per heavy atom. The normalized spacial score (nSPS) is 15.1. The Morgan fingerprint density at radius 1 is 0.826 bits per heavy atom. The Balaban J connectivity index is 1.93. The molecule has 1 unspecified atom stereocenters. The van der Waals surface area contributed by atoms with Gasteiger partial charge in [0.05, 0.1) is 25.9 Å². The molecule has 0 saturated heterocycles. The lowest BCUT2D eigenvalue weighted by Gasteiger charge is -2.28. The lowest BCUT2D eigenvalue weighted by molar-refractivity contribution is -0.140. The summed E-state index contributed by atoms with van der Waals surface area (Å²) in [7, 11) is 0. The maximum Gasteiger partial charge on any atom is 0.112 e. The average molecular weight is 316 g/mol. The molecule has 0 aromatic heterocycles. The predicted molar refractivity (Wildman–Crippen MR) is 88.8 cm³/mol. The molecule has 2 aromatic carbocycles. The van der Waals surface area contributed by atoms with Crippen LogP contribution in [0.1, 0.15) is 18.1 Å². The molecule has 0 amide bonds. The molecule has 23 heavy (non-hydrogen) atoms. The summed E-state index contributed by atoms with van der Waals surface area (Å²) >= 11 is 0. The smallest absolute Gasteiger partial charge is 0.112 e. The molecule has 4 nitrogen and oxygen atoms in total. The molecule has 0 heterocycles. The third-order valence-corrected chi connectivity index (χ3v) is 3.61. The van der Waals surface area contributed by atoms with Gasteiger partial charge in [0.25, 0.3) is 0 Å². The summed E-state index contributed by atoms with van der Waals surface area (Å²) in [5.41, 5.74) is 2.02. The van der Waals surface area contributed by atoms with Gasteiger partial charge in [-0.15, -0.1) is 0 Å². The van der Waals surface area contributed by atoms with E-state index in [2.05, 4.69) is 0 Å². The van der Waals surface area contributed by atoms with Crippen LogP contribution in [0, 0.1) is 0 Å². The molecular formula is C19H24O4. The summed E-state index contributed by atoms with van der Waals surface area (Å²) in [6.45, 7) is 2.16. The highest BCUT2D eigenvalue weighted by molar-refractivity contribution is 5.14. The molecule has 0 saturated carbocycles. The van der Waals surface area contributed by atoms with Gasteiger partial charge in [0.2, 0.25) is 0 Å². The summed E-state index contributed by atoms with van der Waals surface area (Å²) in [5.74, 6) is 0. The van der Waals surface area contributed by atoms with Crippen molar-refractivity contribution >= 4 is 0 Å². The molecule has 0 radical (unpaired) electrons. The van der Waals surface area contributed by atoms with Gasteiger partial charge in [0.1, 0.15) is 12.2 Å². The molecule has 2 aromatic rings. The Labute approximate surface area is 137 Å². The molecule has 0 aliphatic rings. The van der Waals surface area contributed by atoms with E-state index >= 15 is 0 Å². The Bertz CT molecular complexity index is 542. The van der Waals surface area contributed by atoms with E-state index in [0.29, 0.717) is 13.2 Å². The van der Waals surface area contributed by atoms with Crippen LogP contribution in [0.15, 0.2) is 60.7 Å². The lowest BCUT2D eigenvalue weighted by atomic mass is 10.1. The summed E-state index contributed by atoms with van der Waals surface area (Å²) in [6.07, 6.45) is -1.92. The molecule has 4 heteroatoms. The number of hydrogen-bond acceptors (Lipinski definition) is 4. The molecule has 0 spiro atoms. The predicted octanol–water partition coefficient (Wildman–Crippen LogP) is 2.53. The van der Waals surface area contributed by atoms with Crippen LogP contribution >= 0.6 is 0 Å². The first-order valence-electron chi connectivity index (χ1n) is 7.80. The van der Waals surface area contributed by atoms with E-state index in [0.717, 1.165) is 11.1 Å². The minimum absolute atomic E-state index is 0.211. The number of rotatable bonds is 9. The topological polar surface area (TPSA) is 58.9 Å². The van der Waals surface area contributed by atoms with Crippen LogP contribution in [0.2, 0.25) is 0 Å². The third kappa shape index (κ3) is 5.77. The number of aliphatic hydroxyl groups is 2. The molecule has 0 fully saturated rings. The molecule has 124 valence electrons. The zero-order valence-corrected chi connectivity index (χ0v) is 13.3. The van der Waals surface area contributed by atoms with E-state index in [1.807, 2.05) is 60.7 Å². The van der Waals surface area contributed by atoms with Crippen LogP contribution < -0.4 is 0 Å². The highest BCUT2D eigenvalue weighted by Crippen LogP contribution is 2.14. The lowest BCUT2D eigenvalue weighted by Crippen LogP contribution is -2.42. The first-order valence-corrected chi connectivity index (χ1v) is 7.80. The third-order valence-electron chi connectivity index (χ3n) is 3.61. The zero-order valence-electron chi connectivity index (χ0n) is 13.3. The van der Waals surface area contributed by atoms with Gasteiger partial charge in [-0.2, -0.15) is 0 Å². The molecule has 2 N–H and O–H groups in total. The van der Waals surface area contributed by atoms with Gasteiger partial charge in [0.15, 0.2) is 0 Å². The van der Waals surface area contributed by atoms with Gasteiger partial charge in [-0.1, -0.05) is 60.7 Å². The van der Waals surface area contributed by atoms with E-state index in [9.17, 15) is 10.2 Å². The Hall–Kier alpha value is -1.72. The molecule has 0 aliphatic carbocycles. The number of aliphatic hydroxyl groups excluding tert-OH is 2. The van der Waals surface area contributed by atoms with Crippen molar-refractivity contribution in [1.82, 2.24) is 0 Å². The second kappa shape index (κ2) is 9.43. The van der Waals surface area contributed by atoms with E-state index in [-0.39, 0.29) is 6.61 Å². The molecule has 3 atom stereocenters. The van der Waals surface area contributed by atoms with E-state index in [1.54, 1.807) is 6.92 Å². The van der Waals surface area contributed by atoms with Gasteiger partial charge >= 0.3 is 0 Å². The summed E-state index contributed by atoms with van der Waals surface area (Å²) < 4.78 is 11.6. The van der Waals surface area contributed by atoms with Crippen molar-refractivity contribution in [2.75, 3.05) is 6.61 Å². The maximum absolute atomic E-state index is 9.97. The second-order valence-electron chi connectivity index (χ2n) is 5.52. The van der Waals surface area contributed by atoms with Crippen molar-refractivity contribution in [3.05, 3.63) is 71.8 Å². The first-order chi connectivity index (χ1) is 11.2. The number of benzene rings is 2. The first kappa shape index (κ1) is 17.6. The second-order valence-corrected chi connectivity index (χ2v) is 5.52. The van der Waals surface area contributed by atoms with Gasteiger partial charge in [0, 0.05) is 0 Å². The van der Waals surface area contributed by atoms with Crippen molar-refractivity contribution in [1.29, 1.82) is 0 Å². The van der Waals surface area contributed by atoms with Crippen LogP contribution in [0.25, 0.3) is 0 Å². The maximum atomic E-state index is 9.97. The van der Waals surface area contributed by atoms with Crippen molar-refractivity contribution in [3.63, 3.8) is 0 Å². The van der Waals surface area contributed by atoms with Crippen molar-refractivity contribution in [2.24, 2.45) is 0 Å². The van der Waals surface area contributed by atoms with E-state index in [4.69, 9.17) is 9.47 Å². The number of hydrogen-bond donors (Lipinski definition) is 2. The van der Waals surface area contributed by atoms with Crippen molar-refractivity contribution in [2.45, 2.75) is 38.4 Å². The van der Waals surface area contributed by atoms with Crippen LogP contribution in [0.4, 0.5) is 0 Å². The monoisotopic (exact) mass is 316 g/mol. The quantitative estimate of drug-likeness (QED) is 0.746. The summed E-state index contributed by atoms with van der Waals surface area (Å²) in [5, 5.41) is 19.6. The minimum atomic E-state index is -0.744. The van der Waals surface area contributed by atoms with Crippen molar-refractivity contribution in [3.8, 4) is 0 Å². The van der Waals surface area contributed by atoms with E-state index < -0.39 is 18.3 Å². The standard InChI is InChI=1S/C19H24O4/c1-15(21)19(23-14-17-10-6-3-7-11-17)18(12-20)22-13-16-8-4-2-5-9-16/h2-11,15,18-21H,12-14H2,1H3/t15-,18?,19-/m0/s1. The van der Waals surface area contributed by atoms with Gasteiger partial charge in [-0.25, -0.2) is 0 Å². The highest BCUT2D eigenvalue weighted by atomic mass is 16.6. The van der Waals surface area contributed by atoms with Crippen LogP contribution in [0.5, 0.6) is 0 Å². The minimum Gasteiger partial charge on any atom is -0.394 e. The van der Waals surface area contributed by atoms with Crippen LogP contribution in [-0.4, -0.2) is 35.1 Å². The van der Waals surface area contributed by atoms with Crippen LogP contribution in [0.3, 0.4) is 0 Å². The summed E-state index contributed by atoms with van der Waals surface area (Å²) in [4.78, 5) is 0. The van der Waals surface area contributed by atoms with Gasteiger partial charge in [-0.05, 0) is 18.1 Å². The van der Waals surface area contributed by atoms with Gasteiger partial charge < -0.3 is 19.7 Å². The van der Waals surface area contributed by atoms with E-state index in [1.165, 1.54) is 0 Å². The Kier molecular flexibility index (Phi) is 7.23. The highest BCUT2D eigenvalue weighted by Gasteiger charge is 2.27. The molecule has 0 bridgehead atoms.